The molecule has 3 N–H and O–H groups in total. The largest absolute Gasteiger partial charge is 0.393 e. The maximum Gasteiger partial charge on any atom is 0.0983 e. The average molecular weight is 228 g/mol. The topological polar surface area (TPSA) is 29.1 Å². The van der Waals surface area contributed by atoms with E-state index in [1.807, 2.05) is 4.90 Å². The number of rotatable bonds is 3. The van der Waals surface area contributed by atoms with Crippen molar-refractivity contribution in [1.82, 2.24) is 0 Å². The highest BCUT2D eigenvalue weighted by Gasteiger charge is 2.31. The molecule has 94 valence electrons. The first kappa shape index (κ1) is 12.3. The number of aliphatic hydroxyl groups excluding tert-OH is 1. The zero-order valence-electron chi connectivity index (χ0n) is 10.7. The Hall–Kier alpha value is -0.120. The zero-order valence-corrected chi connectivity index (χ0v) is 10.7. The van der Waals surface area contributed by atoms with E-state index in [0.29, 0.717) is 0 Å². The third kappa shape index (κ3) is 3.19. The van der Waals surface area contributed by atoms with Gasteiger partial charge in [0.05, 0.1) is 44.9 Å². The molecule has 0 saturated carbocycles. The summed E-state index contributed by atoms with van der Waals surface area (Å²) in [4.78, 5) is 3.59. The maximum atomic E-state index is 9.52. The van der Waals surface area contributed by atoms with Crippen LogP contribution in [-0.2, 0) is 0 Å². The molecule has 0 aromatic rings. The average Bonchev–Trinajstić information content (AvgIpc) is 2.32. The van der Waals surface area contributed by atoms with Gasteiger partial charge in [0, 0.05) is 25.7 Å². The van der Waals surface area contributed by atoms with Gasteiger partial charge in [-0.1, -0.05) is 6.92 Å². The van der Waals surface area contributed by atoms with Crippen LogP contribution < -0.4 is 9.80 Å². The first-order valence-corrected chi connectivity index (χ1v) is 7.15. The van der Waals surface area contributed by atoms with Crippen molar-refractivity contribution in [2.75, 3.05) is 32.7 Å². The number of hydrogen-bond acceptors (Lipinski definition) is 1. The minimum atomic E-state index is -0.00504. The second kappa shape index (κ2) is 5.99. The van der Waals surface area contributed by atoms with Crippen LogP contribution >= 0.6 is 0 Å². The highest BCUT2D eigenvalue weighted by Crippen LogP contribution is 2.02. The Morgan fingerprint density at radius 3 is 2.19 bits per heavy atom. The van der Waals surface area contributed by atoms with Gasteiger partial charge >= 0.3 is 0 Å². The Bertz CT molecular complexity index is 194. The summed E-state index contributed by atoms with van der Waals surface area (Å²) in [7, 11) is 0. The van der Waals surface area contributed by atoms with Crippen molar-refractivity contribution in [3.8, 4) is 0 Å². The normalized spacial score (nSPS) is 40.9. The molecule has 2 rings (SSSR count). The fourth-order valence-corrected chi connectivity index (χ4v) is 3.42. The minimum Gasteiger partial charge on any atom is -0.393 e. The van der Waals surface area contributed by atoms with Crippen molar-refractivity contribution >= 4 is 0 Å². The lowest BCUT2D eigenvalue weighted by molar-refractivity contribution is -0.961. The standard InChI is InChI=1S/C13H26N2O/c1-2-7-14-8-3-12(4-9-14)15-10-5-13(16)6-11-15/h12-13,16H,2-11H2,1H3/p+2. The van der Waals surface area contributed by atoms with Gasteiger partial charge in [0.2, 0.25) is 0 Å². The molecule has 2 saturated heterocycles. The smallest absolute Gasteiger partial charge is 0.0983 e. The van der Waals surface area contributed by atoms with Gasteiger partial charge in [0.1, 0.15) is 0 Å². The number of aliphatic hydroxyl groups is 1. The molecule has 2 heterocycles. The van der Waals surface area contributed by atoms with Crippen LogP contribution in [0.4, 0.5) is 0 Å². The highest BCUT2D eigenvalue weighted by molar-refractivity contribution is 4.65. The molecule has 0 aromatic heterocycles. The predicted octanol–water partition coefficient (Wildman–Crippen LogP) is -1.52. The quantitative estimate of drug-likeness (QED) is 0.538. The summed E-state index contributed by atoms with van der Waals surface area (Å²) in [6.07, 6.45) is 6.17. The van der Waals surface area contributed by atoms with Crippen LogP contribution in [0.2, 0.25) is 0 Å². The molecule has 2 aliphatic heterocycles. The van der Waals surface area contributed by atoms with E-state index >= 15 is 0 Å². The van der Waals surface area contributed by atoms with Gasteiger partial charge in [-0.25, -0.2) is 0 Å². The van der Waals surface area contributed by atoms with Gasteiger partial charge in [0.15, 0.2) is 0 Å². The molecular weight excluding hydrogens is 200 g/mol. The molecule has 0 amide bonds. The van der Waals surface area contributed by atoms with Gasteiger partial charge in [0.25, 0.3) is 0 Å². The number of nitrogens with one attached hydrogen (secondary N) is 2. The summed E-state index contributed by atoms with van der Waals surface area (Å²) >= 11 is 0. The Morgan fingerprint density at radius 1 is 1.00 bits per heavy atom. The van der Waals surface area contributed by atoms with Crippen molar-refractivity contribution in [3.63, 3.8) is 0 Å². The van der Waals surface area contributed by atoms with E-state index in [-0.39, 0.29) is 6.10 Å². The van der Waals surface area contributed by atoms with Crippen molar-refractivity contribution in [3.05, 3.63) is 0 Å². The van der Waals surface area contributed by atoms with E-state index in [0.717, 1.165) is 18.9 Å². The SMILES string of the molecule is CCC[NH+]1CCC([NH+]2CCC(O)CC2)CC1. The van der Waals surface area contributed by atoms with E-state index in [9.17, 15) is 5.11 Å². The highest BCUT2D eigenvalue weighted by atomic mass is 16.3. The molecule has 0 radical (unpaired) electrons. The number of quaternary nitrogens is 2. The van der Waals surface area contributed by atoms with E-state index in [1.165, 1.54) is 52.0 Å². The van der Waals surface area contributed by atoms with Crippen LogP contribution in [0.25, 0.3) is 0 Å². The summed E-state index contributed by atoms with van der Waals surface area (Å²) in [5.74, 6) is 0. The van der Waals surface area contributed by atoms with Crippen LogP contribution in [0.15, 0.2) is 0 Å². The number of hydrogen-bond donors (Lipinski definition) is 3. The van der Waals surface area contributed by atoms with Gasteiger partial charge < -0.3 is 14.9 Å². The summed E-state index contributed by atoms with van der Waals surface area (Å²) in [6, 6.07) is 0.896. The molecule has 16 heavy (non-hydrogen) atoms. The molecule has 3 nitrogen and oxygen atoms in total. The monoisotopic (exact) mass is 228 g/mol. The lowest BCUT2D eigenvalue weighted by Crippen LogP contribution is -3.21. The zero-order chi connectivity index (χ0) is 11.4. The van der Waals surface area contributed by atoms with Crippen molar-refractivity contribution in [2.24, 2.45) is 0 Å². The Balaban J connectivity index is 1.72. The summed E-state index contributed by atoms with van der Waals surface area (Å²) in [5.41, 5.74) is 0. The lowest BCUT2D eigenvalue weighted by atomic mass is 9.99. The number of piperidine rings is 2. The van der Waals surface area contributed by atoms with Crippen molar-refractivity contribution in [1.29, 1.82) is 0 Å². The van der Waals surface area contributed by atoms with Crippen molar-refractivity contribution < 1.29 is 14.9 Å². The van der Waals surface area contributed by atoms with Gasteiger partial charge in [-0.2, -0.15) is 0 Å². The molecule has 0 unspecified atom stereocenters. The number of likely N-dealkylation sites (tertiary alicyclic amines) is 2. The van der Waals surface area contributed by atoms with E-state index in [4.69, 9.17) is 0 Å². The van der Waals surface area contributed by atoms with Gasteiger partial charge in [-0.15, -0.1) is 0 Å². The predicted molar refractivity (Wildman–Crippen MR) is 64.8 cm³/mol. The van der Waals surface area contributed by atoms with E-state index < -0.39 is 0 Å². The second-order valence-electron chi connectivity index (χ2n) is 5.66. The Morgan fingerprint density at radius 2 is 1.62 bits per heavy atom. The summed E-state index contributed by atoms with van der Waals surface area (Å²) in [6.45, 7) is 8.82. The van der Waals surface area contributed by atoms with Gasteiger partial charge in [-0.05, 0) is 6.42 Å². The molecule has 2 aliphatic rings. The molecule has 3 heteroatoms. The Kier molecular flexibility index (Phi) is 4.62. The first-order chi connectivity index (χ1) is 7.79. The maximum absolute atomic E-state index is 9.52. The molecule has 0 aromatic carbocycles. The molecular formula is C13H28N2O+2. The van der Waals surface area contributed by atoms with Crippen LogP contribution in [0, 0.1) is 0 Å². The molecule has 2 fully saturated rings. The lowest BCUT2D eigenvalue weighted by Gasteiger charge is -2.37. The van der Waals surface area contributed by atoms with Crippen LogP contribution in [0.5, 0.6) is 0 Å². The summed E-state index contributed by atoms with van der Waals surface area (Å²) in [5, 5.41) is 9.52. The van der Waals surface area contributed by atoms with Crippen LogP contribution in [-0.4, -0.2) is 50.0 Å². The molecule has 0 spiro atoms. The fourth-order valence-electron chi connectivity index (χ4n) is 3.42. The Labute approximate surface area is 99.4 Å². The molecule has 0 bridgehead atoms. The molecule has 0 atom stereocenters. The van der Waals surface area contributed by atoms with Crippen LogP contribution in [0.3, 0.4) is 0 Å². The third-order valence-corrected chi connectivity index (χ3v) is 4.47. The fraction of sp³-hybridized carbons (Fsp3) is 1.00. The first-order valence-electron chi connectivity index (χ1n) is 7.15. The van der Waals surface area contributed by atoms with Gasteiger partial charge in [-0.3, -0.25) is 0 Å². The summed E-state index contributed by atoms with van der Waals surface area (Å²) < 4.78 is 0. The van der Waals surface area contributed by atoms with Crippen molar-refractivity contribution in [2.45, 2.75) is 51.2 Å². The van der Waals surface area contributed by atoms with Crippen LogP contribution in [0.1, 0.15) is 39.0 Å². The van der Waals surface area contributed by atoms with E-state index in [1.54, 1.807) is 4.90 Å². The second-order valence-corrected chi connectivity index (χ2v) is 5.66. The van der Waals surface area contributed by atoms with E-state index in [2.05, 4.69) is 6.92 Å². The third-order valence-electron chi connectivity index (χ3n) is 4.47. The molecule has 0 aliphatic carbocycles. The minimum absolute atomic E-state index is 0.00504.